The van der Waals surface area contributed by atoms with Crippen LogP contribution in [0.5, 0.6) is 0 Å². The molecule has 0 spiro atoms. The zero-order chi connectivity index (χ0) is 15.7. The van der Waals surface area contributed by atoms with Gasteiger partial charge in [-0.15, -0.1) is 0 Å². The summed E-state index contributed by atoms with van der Waals surface area (Å²) in [6, 6.07) is 2.93. The molecule has 1 saturated carbocycles. The first-order valence-corrected chi connectivity index (χ1v) is 8.70. The third-order valence-electron chi connectivity index (χ3n) is 4.00. The standard InChI is InChI=1S/C14H21ClN2O3S/c1-10-7-11(8-12(16)13(10)15)21(18,19)17-9-14(3-4-14)5-6-20-2/h7-8,17H,3-6,9,16H2,1-2H3. The third kappa shape index (κ3) is 3.88. The molecule has 1 fully saturated rings. The second-order valence-corrected chi connectivity index (χ2v) is 7.86. The van der Waals surface area contributed by atoms with Gasteiger partial charge in [-0.25, -0.2) is 13.1 Å². The highest BCUT2D eigenvalue weighted by molar-refractivity contribution is 7.89. The van der Waals surface area contributed by atoms with Crippen molar-refractivity contribution in [3.05, 3.63) is 22.7 Å². The number of rotatable bonds is 7. The monoisotopic (exact) mass is 332 g/mol. The van der Waals surface area contributed by atoms with Crippen LogP contribution in [0.3, 0.4) is 0 Å². The van der Waals surface area contributed by atoms with Crippen LogP contribution in [0.2, 0.25) is 5.02 Å². The quantitative estimate of drug-likeness (QED) is 0.751. The van der Waals surface area contributed by atoms with Gasteiger partial charge in [-0.05, 0) is 49.3 Å². The molecule has 3 N–H and O–H groups in total. The molecule has 0 aliphatic heterocycles. The average Bonchev–Trinajstić information content (AvgIpc) is 3.20. The van der Waals surface area contributed by atoms with Gasteiger partial charge in [0.15, 0.2) is 0 Å². The molecular weight excluding hydrogens is 312 g/mol. The van der Waals surface area contributed by atoms with E-state index in [1.54, 1.807) is 14.0 Å². The average molecular weight is 333 g/mol. The number of nitrogen functional groups attached to an aromatic ring is 1. The number of halogens is 1. The maximum Gasteiger partial charge on any atom is 0.240 e. The highest BCUT2D eigenvalue weighted by Crippen LogP contribution is 2.48. The third-order valence-corrected chi connectivity index (χ3v) is 5.89. The van der Waals surface area contributed by atoms with Gasteiger partial charge in [-0.3, -0.25) is 0 Å². The van der Waals surface area contributed by atoms with Gasteiger partial charge in [0.25, 0.3) is 0 Å². The van der Waals surface area contributed by atoms with Gasteiger partial charge in [0.1, 0.15) is 0 Å². The van der Waals surface area contributed by atoms with Gasteiger partial charge < -0.3 is 10.5 Å². The number of methoxy groups -OCH3 is 1. The van der Waals surface area contributed by atoms with Gasteiger partial charge >= 0.3 is 0 Å². The van der Waals surface area contributed by atoms with E-state index in [9.17, 15) is 8.42 Å². The van der Waals surface area contributed by atoms with E-state index >= 15 is 0 Å². The Morgan fingerprint density at radius 3 is 2.62 bits per heavy atom. The van der Waals surface area contributed by atoms with E-state index < -0.39 is 10.0 Å². The first kappa shape index (κ1) is 16.5. The Hall–Kier alpha value is -0.820. The van der Waals surface area contributed by atoms with Crippen LogP contribution in [0.4, 0.5) is 5.69 Å². The van der Waals surface area contributed by atoms with Crippen LogP contribution in [0.1, 0.15) is 24.8 Å². The van der Waals surface area contributed by atoms with Crippen LogP contribution in [0.25, 0.3) is 0 Å². The Kier molecular flexibility index (Phi) is 4.82. The predicted molar refractivity (Wildman–Crippen MR) is 83.9 cm³/mol. The number of nitrogens with two attached hydrogens (primary N) is 1. The summed E-state index contributed by atoms with van der Waals surface area (Å²) in [6.07, 6.45) is 2.93. The summed E-state index contributed by atoms with van der Waals surface area (Å²) >= 11 is 5.96. The van der Waals surface area contributed by atoms with Crippen molar-refractivity contribution in [1.82, 2.24) is 4.72 Å². The SMILES string of the molecule is COCCC1(CNS(=O)(=O)c2cc(C)c(Cl)c(N)c2)CC1. The molecule has 0 bridgehead atoms. The molecule has 1 aromatic carbocycles. The lowest BCUT2D eigenvalue weighted by Crippen LogP contribution is -2.31. The van der Waals surface area contributed by atoms with Crippen molar-refractivity contribution >= 4 is 27.3 Å². The molecule has 118 valence electrons. The first-order valence-electron chi connectivity index (χ1n) is 6.84. The number of nitrogens with one attached hydrogen (secondary N) is 1. The van der Waals surface area contributed by atoms with E-state index in [4.69, 9.17) is 22.1 Å². The molecule has 7 heteroatoms. The van der Waals surface area contributed by atoms with E-state index in [0.29, 0.717) is 23.7 Å². The summed E-state index contributed by atoms with van der Waals surface area (Å²) in [5, 5.41) is 0.396. The van der Waals surface area contributed by atoms with Crippen LogP contribution in [0, 0.1) is 12.3 Å². The molecule has 21 heavy (non-hydrogen) atoms. The predicted octanol–water partition coefficient (Wildman–Crippen LogP) is 2.33. The van der Waals surface area contributed by atoms with Gasteiger partial charge in [-0.2, -0.15) is 0 Å². The topological polar surface area (TPSA) is 81.4 Å². The molecule has 0 unspecified atom stereocenters. The van der Waals surface area contributed by atoms with Gasteiger partial charge in [0.05, 0.1) is 15.6 Å². The van der Waals surface area contributed by atoms with Crippen LogP contribution in [0.15, 0.2) is 17.0 Å². The molecule has 1 aliphatic carbocycles. The van der Waals surface area contributed by atoms with Crippen molar-refractivity contribution in [2.24, 2.45) is 5.41 Å². The van der Waals surface area contributed by atoms with Crippen LogP contribution < -0.4 is 10.5 Å². The maximum atomic E-state index is 12.4. The minimum Gasteiger partial charge on any atom is -0.397 e. The van der Waals surface area contributed by atoms with Crippen LogP contribution in [-0.2, 0) is 14.8 Å². The normalized spacial score (nSPS) is 16.9. The highest BCUT2D eigenvalue weighted by atomic mass is 35.5. The molecule has 0 amide bonds. The second kappa shape index (κ2) is 6.12. The van der Waals surface area contributed by atoms with Crippen molar-refractivity contribution < 1.29 is 13.2 Å². The van der Waals surface area contributed by atoms with Crippen molar-refractivity contribution in [2.45, 2.75) is 31.1 Å². The Bertz CT molecular complexity index is 604. The first-order chi connectivity index (χ1) is 9.80. The lowest BCUT2D eigenvalue weighted by atomic mass is 10.0. The highest BCUT2D eigenvalue weighted by Gasteiger charge is 2.42. The Morgan fingerprint density at radius 1 is 1.43 bits per heavy atom. The summed E-state index contributed by atoms with van der Waals surface area (Å²) in [5.41, 5.74) is 6.72. The zero-order valence-corrected chi connectivity index (χ0v) is 13.9. The van der Waals surface area contributed by atoms with Crippen molar-refractivity contribution in [3.63, 3.8) is 0 Å². The Morgan fingerprint density at radius 2 is 2.10 bits per heavy atom. The minimum absolute atomic E-state index is 0.0517. The number of hydrogen-bond donors (Lipinski definition) is 2. The summed E-state index contributed by atoms with van der Waals surface area (Å²) in [6.45, 7) is 2.81. The summed E-state index contributed by atoms with van der Waals surface area (Å²) < 4.78 is 32.5. The zero-order valence-electron chi connectivity index (χ0n) is 12.3. The molecule has 0 radical (unpaired) electrons. The Balaban J connectivity index is 2.09. The van der Waals surface area contributed by atoms with Gasteiger partial charge in [0, 0.05) is 20.3 Å². The fraction of sp³-hybridized carbons (Fsp3) is 0.571. The summed E-state index contributed by atoms with van der Waals surface area (Å²) in [5.74, 6) is 0. The number of anilines is 1. The second-order valence-electron chi connectivity index (χ2n) is 5.71. The number of benzene rings is 1. The van der Waals surface area contributed by atoms with Crippen LogP contribution >= 0.6 is 11.6 Å². The molecule has 0 saturated heterocycles. The molecular formula is C14H21ClN2O3S. The van der Waals surface area contributed by atoms with E-state index in [1.807, 2.05) is 0 Å². The minimum atomic E-state index is -3.57. The number of sulfonamides is 1. The van der Waals surface area contributed by atoms with E-state index in [0.717, 1.165) is 19.3 Å². The lowest BCUT2D eigenvalue weighted by molar-refractivity contribution is 0.173. The number of hydrogen-bond acceptors (Lipinski definition) is 4. The maximum absolute atomic E-state index is 12.4. The van der Waals surface area contributed by atoms with Crippen molar-refractivity contribution in [1.29, 1.82) is 0 Å². The largest absolute Gasteiger partial charge is 0.397 e. The molecule has 2 rings (SSSR count). The smallest absolute Gasteiger partial charge is 0.240 e. The fourth-order valence-corrected chi connectivity index (χ4v) is 3.65. The molecule has 0 atom stereocenters. The Labute approximate surface area is 130 Å². The van der Waals surface area contributed by atoms with E-state index in [2.05, 4.69) is 4.72 Å². The van der Waals surface area contributed by atoms with Crippen molar-refractivity contribution in [2.75, 3.05) is 26.0 Å². The lowest BCUT2D eigenvalue weighted by Gasteiger charge is -2.16. The number of ether oxygens (including phenoxy) is 1. The van der Waals surface area contributed by atoms with Gasteiger partial charge in [-0.1, -0.05) is 11.6 Å². The summed E-state index contributed by atoms with van der Waals surface area (Å²) in [4.78, 5) is 0.157. The number of aryl methyl sites for hydroxylation is 1. The molecule has 1 aromatic rings. The fourth-order valence-electron chi connectivity index (χ4n) is 2.26. The molecule has 5 nitrogen and oxygen atoms in total. The van der Waals surface area contributed by atoms with E-state index in [-0.39, 0.29) is 16.0 Å². The molecule has 0 aromatic heterocycles. The van der Waals surface area contributed by atoms with E-state index in [1.165, 1.54) is 12.1 Å². The molecule has 1 aliphatic rings. The molecule has 0 heterocycles. The van der Waals surface area contributed by atoms with Crippen molar-refractivity contribution in [3.8, 4) is 0 Å². The van der Waals surface area contributed by atoms with Gasteiger partial charge in [0.2, 0.25) is 10.0 Å². The van der Waals surface area contributed by atoms with Crippen LogP contribution in [-0.4, -0.2) is 28.7 Å². The summed E-state index contributed by atoms with van der Waals surface area (Å²) in [7, 11) is -1.92.